The van der Waals surface area contributed by atoms with E-state index in [2.05, 4.69) is 11.9 Å². The number of rotatable bonds is 8. The summed E-state index contributed by atoms with van der Waals surface area (Å²) < 4.78 is 10.0. The molecule has 0 aliphatic rings. The number of aliphatic hydroxyl groups is 1. The predicted octanol–water partition coefficient (Wildman–Crippen LogP) is 2.41. The van der Waals surface area contributed by atoms with Crippen molar-refractivity contribution in [3.8, 4) is 0 Å². The number of ether oxygens (including phenoxy) is 2. The van der Waals surface area contributed by atoms with E-state index in [9.17, 15) is 14.7 Å². The molecule has 0 aromatic rings. The van der Waals surface area contributed by atoms with Gasteiger partial charge in [-0.15, -0.1) is 0 Å². The Morgan fingerprint density at radius 1 is 1.36 bits per heavy atom. The molecule has 0 aliphatic heterocycles. The van der Waals surface area contributed by atoms with Crippen LogP contribution in [0.1, 0.15) is 47.5 Å². The minimum atomic E-state index is -1.04. The van der Waals surface area contributed by atoms with Crippen molar-refractivity contribution in [1.82, 2.24) is 5.32 Å². The Bertz CT molecular complexity index is 375. The maximum Gasteiger partial charge on any atom is 0.407 e. The average Bonchev–Trinajstić information content (AvgIpc) is 2.39. The molecular formula is C16H29NO5. The van der Waals surface area contributed by atoms with Crippen molar-refractivity contribution >= 4 is 12.1 Å². The number of amides is 1. The van der Waals surface area contributed by atoms with Crippen LogP contribution in [0, 0.1) is 5.92 Å². The molecule has 0 unspecified atom stereocenters. The Kier molecular flexibility index (Phi) is 8.79. The first-order valence-electron chi connectivity index (χ1n) is 7.54. The Labute approximate surface area is 132 Å². The van der Waals surface area contributed by atoms with Crippen LogP contribution in [-0.4, -0.2) is 41.5 Å². The molecule has 6 heteroatoms. The Morgan fingerprint density at radius 3 is 2.41 bits per heavy atom. The lowest BCUT2D eigenvalue weighted by Crippen LogP contribution is -2.49. The van der Waals surface area contributed by atoms with E-state index in [1.807, 2.05) is 13.8 Å². The number of alkyl carbamates (subject to hydrolysis) is 1. The molecule has 0 saturated carbocycles. The molecule has 0 rings (SSSR count). The Morgan fingerprint density at radius 2 is 1.95 bits per heavy atom. The van der Waals surface area contributed by atoms with E-state index in [0.717, 1.165) is 6.42 Å². The van der Waals surface area contributed by atoms with Gasteiger partial charge < -0.3 is 19.9 Å². The van der Waals surface area contributed by atoms with E-state index in [0.29, 0.717) is 0 Å². The fourth-order valence-corrected chi connectivity index (χ4v) is 1.82. The molecule has 0 saturated heterocycles. The first-order valence-corrected chi connectivity index (χ1v) is 7.54. The smallest absolute Gasteiger partial charge is 0.407 e. The molecule has 1 amide bonds. The summed E-state index contributed by atoms with van der Waals surface area (Å²) in [5.41, 5.74) is -0.627. The number of hydrogen-bond acceptors (Lipinski definition) is 5. The first-order chi connectivity index (χ1) is 10.1. The second-order valence-corrected chi connectivity index (χ2v) is 6.30. The van der Waals surface area contributed by atoms with E-state index in [4.69, 9.17) is 9.47 Å². The molecule has 2 N–H and O–H groups in total. The van der Waals surface area contributed by atoms with Crippen LogP contribution in [0.25, 0.3) is 0 Å². The fraction of sp³-hybridized carbons (Fsp3) is 0.750. The zero-order valence-electron chi connectivity index (χ0n) is 14.2. The summed E-state index contributed by atoms with van der Waals surface area (Å²) in [6.07, 6.45) is 0.337. The molecule has 3 atom stereocenters. The lowest BCUT2D eigenvalue weighted by atomic mass is 9.93. The van der Waals surface area contributed by atoms with Gasteiger partial charge in [-0.3, -0.25) is 4.79 Å². The number of esters is 1. The first kappa shape index (κ1) is 20.4. The zero-order valence-corrected chi connectivity index (χ0v) is 14.2. The second-order valence-electron chi connectivity index (χ2n) is 6.30. The van der Waals surface area contributed by atoms with Gasteiger partial charge in [0.05, 0.1) is 18.6 Å². The van der Waals surface area contributed by atoms with E-state index in [-0.39, 0.29) is 18.9 Å². The van der Waals surface area contributed by atoms with Crippen molar-refractivity contribution in [1.29, 1.82) is 0 Å². The highest BCUT2D eigenvalue weighted by atomic mass is 16.6. The number of carbonyl (C=O) groups is 2. The summed E-state index contributed by atoms with van der Waals surface area (Å²) in [6, 6.07) is -0.587. The van der Waals surface area contributed by atoms with Gasteiger partial charge in [0.15, 0.2) is 0 Å². The van der Waals surface area contributed by atoms with Gasteiger partial charge in [-0.25, -0.2) is 4.79 Å². The van der Waals surface area contributed by atoms with E-state index < -0.39 is 29.8 Å². The third-order valence-corrected chi connectivity index (χ3v) is 3.09. The van der Waals surface area contributed by atoms with Crippen LogP contribution in [0.4, 0.5) is 4.79 Å². The molecule has 0 spiro atoms. The third kappa shape index (κ3) is 8.67. The maximum atomic E-state index is 11.9. The standard InChI is InChI=1S/C16H29NO5/c1-7-9-21-13(19)10-12(18)14(11(3)8-2)17-15(20)22-16(4,5)6/h7,11-12,14,18H,1,8-10H2,2-6H3,(H,17,20)/t11-,12-,14-/m0/s1. The van der Waals surface area contributed by atoms with Crippen LogP contribution >= 0.6 is 0 Å². The van der Waals surface area contributed by atoms with Gasteiger partial charge in [0.2, 0.25) is 0 Å². The summed E-state index contributed by atoms with van der Waals surface area (Å²) in [5.74, 6) is -0.554. The second kappa shape index (κ2) is 9.46. The number of hydrogen-bond donors (Lipinski definition) is 2. The van der Waals surface area contributed by atoms with E-state index in [1.165, 1.54) is 6.08 Å². The number of carbonyl (C=O) groups excluding carboxylic acids is 2. The molecule has 0 aromatic heterocycles. The van der Waals surface area contributed by atoms with Gasteiger partial charge in [-0.1, -0.05) is 32.9 Å². The normalized spacial score (nSPS) is 15.4. The Hall–Kier alpha value is -1.56. The van der Waals surface area contributed by atoms with Crippen molar-refractivity contribution in [2.75, 3.05) is 6.61 Å². The molecule has 6 nitrogen and oxygen atoms in total. The summed E-state index contributed by atoms with van der Waals surface area (Å²) in [5, 5.41) is 12.9. The van der Waals surface area contributed by atoms with E-state index >= 15 is 0 Å². The molecular weight excluding hydrogens is 286 g/mol. The molecule has 128 valence electrons. The molecule has 22 heavy (non-hydrogen) atoms. The molecule has 0 aliphatic carbocycles. The summed E-state index contributed by atoms with van der Waals surface area (Å²) in [4.78, 5) is 23.4. The molecule has 0 heterocycles. The van der Waals surface area contributed by atoms with Gasteiger partial charge in [-0.05, 0) is 26.7 Å². The largest absolute Gasteiger partial charge is 0.461 e. The van der Waals surface area contributed by atoms with Gasteiger partial charge in [0.1, 0.15) is 12.2 Å². The summed E-state index contributed by atoms with van der Waals surface area (Å²) in [6.45, 7) is 12.6. The number of aliphatic hydroxyl groups excluding tert-OH is 1. The van der Waals surface area contributed by atoms with Gasteiger partial charge in [0, 0.05) is 0 Å². The van der Waals surface area contributed by atoms with Crippen molar-refractivity contribution in [3.63, 3.8) is 0 Å². The van der Waals surface area contributed by atoms with Crippen LogP contribution in [0.15, 0.2) is 12.7 Å². The lowest BCUT2D eigenvalue weighted by Gasteiger charge is -2.30. The molecule has 0 fully saturated rings. The molecule has 0 aromatic carbocycles. The quantitative estimate of drug-likeness (QED) is 0.531. The van der Waals surface area contributed by atoms with Crippen molar-refractivity contribution in [2.45, 2.75) is 65.2 Å². The van der Waals surface area contributed by atoms with E-state index in [1.54, 1.807) is 20.8 Å². The minimum Gasteiger partial charge on any atom is -0.461 e. The van der Waals surface area contributed by atoms with Crippen molar-refractivity contribution in [3.05, 3.63) is 12.7 Å². The van der Waals surface area contributed by atoms with Crippen LogP contribution in [0.3, 0.4) is 0 Å². The topological polar surface area (TPSA) is 84.9 Å². The van der Waals surface area contributed by atoms with Crippen LogP contribution in [0.2, 0.25) is 0 Å². The van der Waals surface area contributed by atoms with Crippen LogP contribution in [-0.2, 0) is 14.3 Å². The van der Waals surface area contributed by atoms with Crippen LogP contribution < -0.4 is 5.32 Å². The average molecular weight is 315 g/mol. The third-order valence-electron chi connectivity index (χ3n) is 3.09. The maximum absolute atomic E-state index is 11.9. The van der Waals surface area contributed by atoms with Crippen molar-refractivity contribution < 1.29 is 24.2 Å². The SMILES string of the molecule is C=CCOC(=O)C[C@H](O)[C@@H](NC(=O)OC(C)(C)C)[C@@H](C)CC. The highest BCUT2D eigenvalue weighted by Gasteiger charge is 2.30. The highest BCUT2D eigenvalue weighted by molar-refractivity contribution is 5.71. The van der Waals surface area contributed by atoms with Gasteiger partial charge >= 0.3 is 12.1 Å². The van der Waals surface area contributed by atoms with Crippen LogP contribution in [0.5, 0.6) is 0 Å². The zero-order chi connectivity index (χ0) is 17.3. The molecule has 0 radical (unpaired) electrons. The number of nitrogens with one attached hydrogen (secondary N) is 1. The summed E-state index contributed by atoms with van der Waals surface area (Å²) in [7, 11) is 0. The lowest BCUT2D eigenvalue weighted by molar-refractivity contribution is -0.145. The monoisotopic (exact) mass is 315 g/mol. The summed E-state index contributed by atoms with van der Waals surface area (Å²) >= 11 is 0. The highest BCUT2D eigenvalue weighted by Crippen LogP contribution is 2.16. The Balaban J connectivity index is 4.72. The molecule has 0 bridgehead atoms. The van der Waals surface area contributed by atoms with Gasteiger partial charge in [0.25, 0.3) is 0 Å². The minimum absolute atomic E-state index is 0.0188. The fourth-order valence-electron chi connectivity index (χ4n) is 1.82. The predicted molar refractivity (Wildman–Crippen MR) is 84.4 cm³/mol. The van der Waals surface area contributed by atoms with Gasteiger partial charge in [-0.2, -0.15) is 0 Å². The van der Waals surface area contributed by atoms with Crippen molar-refractivity contribution in [2.24, 2.45) is 5.92 Å².